The van der Waals surface area contributed by atoms with Gasteiger partial charge in [-0.2, -0.15) is 0 Å². The zero-order valence-electron chi connectivity index (χ0n) is 19.4. The lowest BCUT2D eigenvalue weighted by molar-refractivity contribution is -0.141. The molecule has 2 amide bonds. The van der Waals surface area contributed by atoms with Gasteiger partial charge < -0.3 is 10.2 Å². The van der Waals surface area contributed by atoms with Crippen LogP contribution in [-0.2, 0) is 29.0 Å². The molecule has 0 fully saturated rings. The molecule has 0 bridgehead atoms. The van der Waals surface area contributed by atoms with Gasteiger partial charge in [0.15, 0.2) is 0 Å². The topological polar surface area (TPSA) is 49.4 Å². The van der Waals surface area contributed by atoms with Crippen molar-refractivity contribution in [3.63, 3.8) is 0 Å². The third kappa shape index (κ3) is 6.93. The van der Waals surface area contributed by atoms with Crippen molar-refractivity contribution in [1.29, 1.82) is 0 Å². The molecule has 3 rings (SSSR count). The highest BCUT2D eigenvalue weighted by Gasteiger charge is 2.31. The molecule has 1 N–H and O–H groups in total. The summed E-state index contributed by atoms with van der Waals surface area (Å²) in [4.78, 5) is 28.8. The van der Waals surface area contributed by atoms with Crippen LogP contribution in [0.3, 0.4) is 0 Å². The van der Waals surface area contributed by atoms with E-state index in [1.807, 2.05) is 93.6 Å². The maximum absolute atomic E-state index is 13.7. The molecular weight excluding hydrogens is 432 g/mol. The van der Waals surface area contributed by atoms with Gasteiger partial charge >= 0.3 is 0 Å². The van der Waals surface area contributed by atoms with Crippen LogP contribution in [0.1, 0.15) is 36.1 Å². The van der Waals surface area contributed by atoms with Crippen molar-refractivity contribution in [2.24, 2.45) is 0 Å². The number of aryl methyl sites for hydroxylation is 1. The fourth-order valence-corrected chi connectivity index (χ4v) is 4.01. The van der Waals surface area contributed by atoms with Gasteiger partial charge in [-0.3, -0.25) is 9.59 Å². The molecule has 172 valence electrons. The minimum absolute atomic E-state index is 0.0326. The monoisotopic (exact) mass is 462 g/mol. The molecule has 33 heavy (non-hydrogen) atoms. The second kappa shape index (κ2) is 11.7. The lowest BCUT2D eigenvalue weighted by atomic mass is 10.00. The lowest BCUT2D eigenvalue weighted by Crippen LogP contribution is -2.52. The van der Waals surface area contributed by atoms with Crippen LogP contribution in [0.2, 0.25) is 5.02 Å². The molecule has 0 aliphatic carbocycles. The number of rotatable bonds is 9. The van der Waals surface area contributed by atoms with E-state index in [4.69, 9.17) is 11.6 Å². The molecular formula is C28H31ClN2O2. The van der Waals surface area contributed by atoms with Crippen LogP contribution in [0.15, 0.2) is 78.9 Å². The van der Waals surface area contributed by atoms with Crippen LogP contribution in [0, 0.1) is 6.92 Å². The normalized spacial score (nSPS) is 11.8. The lowest BCUT2D eigenvalue weighted by Gasteiger charge is -2.32. The van der Waals surface area contributed by atoms with E-state index in [1.54, 1.807) is 11.0 Å². The second-order valence-electron chi connectivity index (χ2n) is 8.59. The van der Waals surface area contributed by atoms with Crippen molar-refractivity contribution in [1.82, 2.24) is 10.2 Å². The number of amides is 2. The van der Waals surface area contributed by atoms with Gasteiger partial charge in [0.05, 0.1) is 6.42 Å². The summed E-state index contributed by atoms with van der Waals surface area (Å²) in [7, 11) is 0. The molecule has 4 nitrogen and oxygen atoms in total. The van der Waals surface area contributed by atoms with Crippen molar-refractivity contribution in [3.8, 4) is 0 Å². The largest absolute Gasteiger partial charge is 0.352 e. The summed E-state index contributed by atoms with van der Waals surface area (Å²) in [5.41, 5.74) is 3.85. The third-order valence-electron chi connectivity index (χ3n) is 5.60. The molecule has 0 aliphatic heterocycles. The molecule has 0 spiro atoms. The molecule has 3 aromatic carbocycles. The summed E-state index contributed by atoms with van der Waals surface area (Å²) in [6, 6.07) is 24.4. The van der Waals surface area contributed by atoms with Crippen molar-refractivity contribution < 1.29 is 9.59 Å². The first-order valence-electron chi connectivity index (χ1n) is 11.3. The molecule has 1 unspecified atom stereocenters. The van der Waals surface area contributed by atoms with E-state index in [2.05, 4.69) is 5.32 Å². The van der Waals surface area contributed by atoms with Gasteiger partial charge in [-0.15, -0.1) is 0 Å². The molecule has 0 radical (unpaired) electrons. The van der Waals surface area contributed by atoms with E-state index in [-0.39, 0.29) is 24.3 Å². The first kappa shape index (κ1) is 24.5. The fraction of sp³-hybridized carbons (Fsp3) is 0.286. The summed E-state index contributed by atoms with van der Waals surface area (Å²) in [6.45, 7) is 6.22. The van der Waals surface area contributed by atoms with Crippen molar-refractivity contribution in [2.45, 2.75) is 52.2 Å². The van der Waals surface area contributed by atoms with E-state index in [0.29, 0.717) is 18.0 Å². The van der Waals surface area contributed by atoms with E-state index in [1.165, 1.54) is 0 Å². The maximum Gasteiger partial charge on any atom is 0.243 e. The van der Waals surface area contributed by atoms with Crippen LogP contribution in [0.25, 0.3) is 0 Å². The average Bonchev–Trinajstić information content (AvgIpc) is 2.79. The number of hydrogen-bond donors (Lipinski definition) is 1. The van der Waals surface area contributed by atoms with E-state index in [9.17, 15) is 9.59 Å². The number of carbonyl (C=O) groups is 2. The SMILES string of the molecule is Cc1ccccc1CN(C(=O)Cc1ccccc1Cl)C(Cc1ccccc1)C(=O)NC(C)C. The van der Waals surface area contributed by atoms with Crippen LogP contribution in [0.5, 0.6) is 0 Å². The van der Waals surface area contributed by atoms with Crippen molar-refractivity contribution in [3.05, 3.63) is 106 Å². The second-order valence-corrected chi connectivity index (χ2v) is 8.99. The van der Waals surface area contributed by atoms with Crippen molar-refractivity contribution in [2.75, 3.05) is 0 Å². The standard InChI is InChI=1S/C28H31ClN2O2/c1-20(2)30-28(33)26(17-22-12-5-4-6-13-22)31(19-24-15-8-7-11-21(24)3)27(32)18-23-14-9-10-16-25(23)29/h4-16,20,26H,17-19H2,1-3H3,(H,30,33). The minimum Gasteiger partial charge on any atom is -0.352 e. The zero-order valence-corrected chi connectivity index (χ0v) is 20.2. The highest BCUT2D eigenvalue weighted by molar-refractivity contribution is 6.31. The minimum atomic E-state index is -0.649. The smallest absolute Gasteiger partial charge is 0.243 e. The predicted molar refractivity (Wildman–Crippen MR) is 134 cm³/mol. The third-order valence-corrected chi connectivity index (χ3v) is 5.97. The number of carbonyl (C=O) groups excluding carboxylic acids is 2. The van der Waals surface area contributed by atoms with Crippen LogP contribution < -0.4 is 5.32 Å². The van der Waals surface area contributed by atoms with E-state index < -0.39 is 6.04 Å². The number of halogens is 1. The number of hydrogen-bond acceptors (Lipinski definition) is 2. The molecule has 1 atom stereocenters. The van der Waals surface area contributed by atoms with Gasteiger partial charge in [0.1, 0.15) is 6.04 Å². The molecule has 0 aromatic heterocycles. The number of nitrogens with zero attached hydrogens (tertiary/aromatic N) is 1. The Morgan fingerprint density at radius 2 is 1.48 bits per heavy atom. The maximum atomic E-state index is 13.7. The Morgan fingerprint density at radius 1 is 0.879 bits per heavy atom. The highest BCUT2D eigenvalue weighted by Crippen LogP contribution is 2.21. The Morgan fingerprint density at radius 3 is 2.12 bits per heavy atom. The summed E-state index contributed by atoms with van der Waals surface area (Å²) in [6.07, 6.45) is 0.561. The van der Waals surface area contributed by atoms with Crippen molar-refractivity contribution >= 4 is 23.4 Å². The van der Waals surface area contributed by atoms with Crippen LogP contribution >= 0.6 is 11.6 Å². The molecule has 0 aliphatic rings. The van der Waals surface area contributed by atoms with Gasteiger partial charge in [0.25, 0.3) is 0 Å². The summed E-state index contributed by atoms with van der Waals surface area (Å²) < 4.78 is 0. The average molecular weight is 463 g/mol. The van der Waals surface area contributed by atoms with Gasteiger partial charge in [0.2, 0.25) is 11.8 Å². The predicted octanol–water partition coefficient (Wildman–Crippen LogP) is 5.36. The zero-order chi connectivity index (χ0) is 23.8. The Balaban J connectivity index is 1.99. The Hall–Kier alpha value is -3.11. The van der Waals surface area contributed by atoms with Gasteiger partial charge in [-0.25, -0.2) is 0 Å². The fourth-order valence-electron chi connectivity index (χ4n) is 3.81. The Labute approximate surface area is 201 Å². The molecule has 0 saturated heterocycles. The van der Waals surface area contributed by atoms with Gasteiger partial charge in [-0.05, 0) is 49.1 Å². The summed E-state index contributed by atoms with van der Waals surface area (Å²) >= 11 is 6.35. The molecule has 5 heteroatoms. The van der Waals surface area contributed by atoms with Crippen LogP contribution in [-0.4, -0.2) is 28.8 Å². The number of benzene rings is 3. The molecule has 0 heterocycles. The number of nitrogens with one attached hydrogen (secondary N) is 1. The Kier molecular flexibility index (Phi) is 8.67. The molecule has 0 saturated carbocycles. The van der Waals surface area contributed by atoms with Gasteiger partial charge in [0, 0.05) is 24.0 Å². The van der Waals surface area contributed by atoms with Gasteiger partial charge in [-0.1, -0.05) is 84.4 Å². The highest BCUT2D eigenvalue weighted by atomic mass is 35.5. The first-order valence-corrected chi connectivity index (χ1v) is 11.6. The van der Waals surface area contributed by atoms with E-state index >= 15 is 0 Å². The molecule has 3 aromatic rings. The van der Waals surface area contributed by atoms with E-state index in [0.717, 1.165) is 22.3 Å². The van der Waals surface area contributed by atoms with Crippen LogP contribution in [0.4, 0.5) is 0 Å². The quantitative estimate of drug-likeness (QED) is 0.465. The Bertz CT molecular complexity index is 1080. The first-order chi connectivity index (χ1) is 15.8. The summed E-state index contributed by atoms with van der Waals surface area (Å²) in [5.74, 6) is -0.291. The summed E-state index contributed by atoms with van der Waals surface area (Å²) in [5, 5.41) is 3.56.